The number of amides is 1. The van der Waals surface area contributed by atoms with Crippen molar-refractivity contribution in [1.29, 1.82) is 0 Å². The number of hydrogen-bond acceptors (Lipinski definition) is 3. The topological polar surface area (TPSA) is 68.3 Å². The maximum absolute atomic E-state index is 11.6. The van der Waals surface area contributed by atoms with E-state index in [0.717, 1.165) is 5.56 Å². The zero-order valence-electron chi connectivity index (χ0n) is 11.2. The second-order valence-electron chi connectivity index (χ2n) is 4.45. The van der Waals surface area contributed by atoms with Crippen LogP contribution in [0.5, 0.6) is 0 Å². The molecule has 1 amide bonds. The molecule has 1 atom stereocenters. The summed E-state index contributed by atoms with van der Waals surface area (Å²) in [6.07, 6.45) is 5.35. The lowest BCUT2D eigenvalue weighted by molar-refractivity contribution is -0.116. The molecule has 2 rings (SSSR count). The maximum Gasteiger partial charge on any atom is 0.244 e. The first-order valence-corrected chi connectivity index (χ1v) is 6.55. The van der Waals surface area contributed by atoms with Gasteiger partial charge in [-0.15, -0.1) is 0 Å². The molecule has 3 N–H and O–H groups in total. The first-order valence-electron chi connectivity index (χ1n) is 6.55. The van der Waals surface area contributed by atoms with Gasteiger partial charge in [-0.2, -0.15) is 0 Å². The van der Waals surface area contributed by atoms with E-state index in [0.29, 0.717) is 18.7 Å². The summed E-state index contributed by atoms with van der Waals surface area (Å²) in [5, 5.41) is 2.80. The van der Waals surface area contributed by atoms with Gasteiger partial charge in [-0.3, -0.25) is 4.79 Å². The lowest BCUT2D eigenvalue weighted by atomic mass is 10.1. The van der Waals surface area contributed by atoms with Gasteiger partial charge in [0.1, 0.15) is 5.76 Å². The fraction of sp³-hybridized carbons (Fsp3) is 0.188. The van der Waals surface area contributed by atoms with Crippen LogP contribution in [0.15, 0.2) is 59.2 Å². The molecule has 0 fully saturated rings. The molecule has 104 valence electrons. The molecule has 0 radical (unpaired) electrons. The normalized spacial score (nSPS) is 12.4. The smallest absolute Gasteiger partial charge is 0.244 e. The third-order valence-corrected chi connectivity index (χ3v) is 2.92. The average Bonchev–Trinajstić information content (AvgIpc) is 2.99. The Labute approximate surface area is 118 Å². The molecule has 1 aromatic carbocycles. The van der Waals surface area contributed by atoms with Crippen LogP contribution in [0.3, 0.4) is 0 Å². The Bertz CT molecular complexity index is 547. The molecule has 0 aliphatic heterocycles. The molecule has 4 nitrogen and oxygen atoms in total. The summed E-state index contributed by atoms with van der Waals surface area (Å²) < 4.78 is 5.10. The highest BCUT2D eigenvalue weighted by atomic mass is 16.3. The van der Waals surface area contributed by atoms with Crippen molar-refractivity contribution in [2.45, 2.75) is 12.5 Å². The molecule has 1 heterocycles. The zero-order chi connectivity index (χ0) is 14.2. The molecular weight excluding hydrogens is 252 g/mol. The summed E-state index contributed by atoms with van der Waals surface area (Å²) in [7, 11) is 0. The molecule has 0 spiro atoms. The maximum atomic E-state index is 11.6. The van der Waals surface area contributed by atoms with Gasteiger partial charge in [0.15, 0.2) is 0 Å². The summed E-state index contributed by atoms with van der Waals surface area (Å²) in [5.41, 5.74) is 7.12. The molecule has 20 heavy (non-hydrogen) atoms. The van der Waals surface area contributed by atoms with E-state index in [9.17, 15) is 4.79 Å². The van der Waals surface area contributed by atoms with Crippen LogP contribution in [0.2, 0.25) is 0 Å². The summed E-state index contributed by atoms with van der Waals surface area (Å²) in [6, 6.07) is 13.3. The van der Waals surface area contributed by atoms with Crippen LogP contribution < -0.4 is 11.1 Å². The van der Waals surface area contributed by atoms with E-state index in [1.807, 2.05) is 30.3 Å². The minimum absolute atomic E-state index is 0.0643. The van der Waals surface area contributed by atoms with Crippen LogP contribution in [0.1, 0.15) is 23.8 Å². The summed E-state index contributed by atoms with van der Waals surface area (Å²) in [6.45, 7) is 0.539. The van der Waals surface area contributed by atoms with Crippen LogP contribution in [-0.4, -0.2) is 12.5 Å². The van der Waals surface area contributed by atoms with Gasteiger partial charge in [0.05, 0.1) is 6.26 Å². The predicted octanol–water partition coefficient (Wildman–Crippen LogP) is 2.50. The van der Waals surface area contributed by atoms with Crippen molar-refractivity contribution in [3.05, 3.63) is 66.1 Å². The second-order valence-corrected chi connectivity index (χ2v) is 4.45. The van der Waals surface area contributed by atoms with Crippen molar-refractivity contribution < 1.29 is 9.21 Å². The lowest BCUT2D eigenvalue weighted by Gasteiger charge is -2.11. The molecule has 2 aromatic rings. The van der Waals surface area contributed by atoms with E-state index in [2.05, 4.69) is 5.32 Å². The predicted molar refractivity (Wildman–Crippen MR) is 78.7 cm³/mol. The van der Waals surface area contributed by atoms with Crippen LogP contribution in [0, 0.1) is 0 Å². The van der Waals surface area contributed by atoms with Gasteiger partial charge >= 0.3 is 0 Å². The van der Waals surface area contributed by atoms with Gasteiger partial charge in [0.25, 0.3) is 0 Å². The van der Waals surface area contributed by atoms with Crippen molar-refractivity contribution in [2.24, 2.45) is 5.73 Å². The highest BCUT2D eigenvalue weighted by molar-refractivity contribution is 5.91. The Morgan fingerprint density at radius 2 is 2.05 bits per heavy atom. The quantitative estimate of drug-likeness (QED) is 0.792. The van der Waals surface area contributed by atoms with Crippen LogP contribution in [0.4, 0.5) is 0 Å². The summed E-state index contributed by atoms with van der Waals surface area (Å²) in [5.74, 6) is 0.503. The number of furan rings is 1. The largest absolute Gasteiger partial charge is 0.465 e. The molecule has 0 aliphatic carbocycles. The fourth-order valence-corrected chi connectivity index (χ4v) is 1.82. The number of carbonyl (C=O) groups is 1. The van der Waals surface area contributed by atoms with Crippen molar-refractivity contribution in [1.82, 2.24) is 5.32 Å². The molecule has 0 bridgehead atoms. The van der Waals surface area contributed by atoms with Crippen LogP contribution >= 0.6 is 0 Å². The molecule has 0 saturated heterocycles. The number of carbonyl (C=O) groups excluding carboxylic acids is 1. The van der Waals surface area contributed by atoms with Gasteiger partial charge in [0, 0.05) is 18.7 Å². The SMILES string of the molecule is NC(CCNC(=O)/C=C/c1ccco1)c1ccccc1. The molecule has 0 saturated carbocycles. The van der Waals surface area contributed by atoms with E-state index in [-0.39, 0.29) is 11.9 Å². The fourth-order valence-electron chi connectivity index (χ4n) is 1.82. The van der Waals surface area contributed by atoms with E-state index >= 15 is 0 Å². The van der Waals surface area contributed by atoms with Gasteiger partial charge in [-0.25, -0.2) is 0 Å². The van der Waals surface area contributed by atoms with Gasteiger partial charge in [-0.05, 0) is 30.2 Å². The first-order chi connectivity index (χ1) is 9.75. The third-order valence-electron chi connectivity index (χ3n) is 2.92. The number of rotatable bonds is 6. The van der Waals surface area contributed by atoms with Crippen LogP contribution in [0.25, 0.3) is 6.08 Å². The van der Waals surface area contributed by atoms with E-state index < -0.39 is 0 Å². The van der Waals surface area contributed by atoms with Crippen molar-refractivity contribution >= 4 is 12.0 Å². The second kappa shape index (κ2) is 7.31. The third kappa shape index (κ3) is 4.40. The van der Waals surface area contributed by atoms with Crippen molar-refractivity contribution in [3.8, 4) is 0 Å². The standard InChI is InChI=1S/C16H18N2O2/c17-15(13-5-2-1-3-6-13)10-11-18-16(19)9-8-14-7-4-12-20-14/h1-9,12,15H,10-11,17H2,(H,18,19)/b9-8+. The van der Waals surface area contributed by atoms with Crippen LogP contribution in [-0.2, 0) is 4.79 Å². The van der Waals surface area contributed by atoms with Gasteiger partial charge in [0.2, 0.25) is 5.91 Å². The van der Waals surface area contributed by atoms with E-state index in [1.165, 1.54) is 6.08 Å². The first kappa shape index (κ1) is 14.1. The summed E-state index contributed by atoms with van der Waals surface area (Å²) in [4.78, 5) is 11.6. The van der Waals surface area contributed by atoms with Crippen molar-refractivity contribution in [2.75, 3.05) is 6.54 Å². The minimum atomic E-state index is -0.151. The number of nitrogens with two attached hydrogens (primary N) is 1. The number of hydrogen-bond donors (Lipinski definition) is 2. The lowest BCUT2D eigenvalue weighted by Crippen LogP contribution is -2.25. The molecule has 4 heteroatoms. The van der Waals surface area contributed by atoms with Crippen molar-refractivity contribution in [3.63, 3.8) is 0 Å². The highest BCUT2D eigenvalue weighted by Crippen LogP contribution is 2.12. The van der Waals surface area contributed by atoms with Gasteiger partial charge in [-0.1, -0.05) is 30.3 Å². The monoisotopic (exact) mass is 270 g/mol. The average molecular weight is 270 g/mol. The highest BCUT2D eigenvalue weighted by Gasteiger charge is 2.05. The number of benzene rings is 1. The molecule has 1 unspecified atom stereocenters. The summed E-state index contributed by atoms with van der Waals surface area (Å²) >= 11 is 0. The minimum Gasteiger partial charge on any atom is -0.465 e. The molecule has 0 aliphatic rings. The van der Waals surface area contributed by atoms with E-state index in [1.54, 1.807) is 24.5 Å². The Hall–Kier alpha value is -2.33. The van der Waals surface area contributed by atoms with Gasteiger partial charge < -0.3 is 15.5 Å². The Kier molecular flexibility index (Phi) is 5.15. The molecule has 1 aromatic heterocycles. The molecular formula is C16H18N2O2. The Balaban J connectivity index is 1.72. The number of nitrogens with one attached hydrogen (secondary N) is 1. The Morgan fingerprint density at radius 3 is 2.75 bits per heavy atom. The Morgan fingerprint density at radius 1 is 1.25 bits per heavy atom. The van der Waals surface area contributed by atoms with E-state index in [4.69, 9.17) is 10.2 Å². The zero-order valence-corrected chi connectivity index (χ0v) is 11.2.